The predicted octanol–water partition coefficient (Wildman–Crippen LogP) is 3.06. The van der Waals surface area contributed by atoms with E-state index in [0.29, 0.717) is 12.0 Å². The van der Waals surface area contributed by atoms with Crippen molar-refractivity contribution in [3.63, 3.8) is 0 Å². The lowest BCUT2D eigenvalue weighted by Crippen LogP contribution is -2.03. The molecule has 16 heavy (non-hydrogen) atoms. The third kappa shape index (κ3) is 3.94. The van der Waals surface area contributed by atoms with Gasteiger partial charge in [-0.3, -0.25) is 4.55 Å². The minimum atomic E-state index is -4.08. The fraction of sp³-hybridized carbons (Fsp3) is 0.500. The second kappa shape index (κ2) is 6.01. The van der Waals surface area contributed by atoms with Crippen LogP contribution in [0.2, 0.25) is 0 Å². The largest absolute Gasteiger partial charge is 0.294 e. The number of rotatable bonds is 6. The molecule has 1 N–H and O–H groups in total. The van der Waals surface area contributed by atoms with Crippen LogP contribution in [-0.2, 0) is 16.5 Å². The lowest BCUT2D eigenvalue weighted by atomic mass is 10.1. The summed E-state index contributed by atoms with van der Waals surface area (Å²) < 4.78 is 31.2. The zero-order valence-corrected chi connectivity index (χ0v) is 10.3. The number of aryl methyl sites for hydroxylation is 1. The maximum atomic E-state index is 11.1. The number of hydrogen-bond donors (Lipinski definition) is 1. The molecule has 90 valence electrons. The minimum Gasteiger partial charge on any atom is -0.282 e. The smallest absolute Gasteiger partial charge is 0.282 e. The molecule has 0 unspecified atom stereocenters. The fourth-order valence-electron chi connectivity index (χ4n) is 1.70. The minimum absolute atomic E-state index is 0.0477. The van der Waals surface area contributed by atoms with Crippen molar-refractivity contribution in [2.24, 2.45) is 0 Å². The molecule has 0 aliphatic heterocycles. The van der Waals surface area contributed by atoms with Crippen molar-refractivity contribution in [1.29, 1.82) is 0 Å². The van der Waals surface area contributed by atoms with Crippen molar-refractivity contribution in [3.05, 3.63) is 29.8 Å². The van der Waals surface area contributed by atoms with Gasteiger partial charge < -0.3 is 0 Å². The Morgan fingerprint density at radius 2 is 1.81 bits per heavy atom. The Morgan fingerprint density at radius 1 is 1.12 bits per heavy atom. The molecular formula is C12H18O3S. The quantitative estimate of drug-likeness (QED) is 0.616. The van der Waals surface area contributed by atoms with Gasteiger partial charge >= 0.3 is 0 Å². The summed E-state index contributed by atoms with van der Waals surface area (Å²) in [6.45, 7) is 2.13. The lowest BCUT2D eigenvalue weighted by molar-refractivity contribution is 0.481. The second-order valence-electron chi connectivity index (χ2n) is 3.89. The van der Waals surface area contributed by atoms with Gasteiger partial charge in [0.2, 0.25) is 0 Å². The normalized spacial score (nSPS) is 11.6. The van der Waals surface area contributed by atoms with Gasteiger partial charge in [0.1, 0.15) is 0 Å². The van der Waals surface area contributed by atoms with Crippen molar-refractivity contribution < 1.29 is 13.0 Å². The number of unbranched alkanes of at least 4 members (excludes halogenated alkanes) is 3. The van der Waals surface area contributed by atoms with Gasteiger partial charge in [0.25, 0.3) is 10.1 Å². The third-order valence-electron chi connectivity index (χ3n) is 2.55. The van der Waals surface area contributed by atoms with Crippen LogP contribution in [0.15, 0.2) is 29.2 Å². The van der Waals surface area contributed by atoms with Crippen LogP contribution in [0.5, 0.6) is 0 Å². The highest BCUT2D eigenvalue weighted by Crippen LogP contribution is 2.17. The Morgan fingerprint density at radius 3 is 2.44 bits per heavy atom. The summed E-state index contributed by atoms with van der Waals surface area (Å²) in [7, 11) is -4.08. The molecule has 0 aliphatic rings. The van der Waals surface area contributed by atoms with Crippen LogP contribution < -0.4 is 0 Å². The first-order valence-corrected chi connectivity index (χ1v) is 7.05. The summed E-state index contributed by atoms with van der Waals surface area (Å²) in [5.74, 6) is 0. The van der Waals surface area contributed by atoms with Crippen LogP contribution in [-0.4, -0.2) is 13.0 Å². The lowest BCUT2D eigenvalue weighted by Gasteiger charge is -2.06. The average Bonchev–Trinajstić information content (AvgIpc) is 2.24. The molecule has 0 bridgehead atoms. The first-order chi connectivity index (χ1) is 7.55. The van der Waals surface area contributed by atoms with Gasteiger partial charge in [-0.2, -0.15) is 8.42 Å². The van der Waals surface area contributed by atoms with Gasteiger partial charge in [-0.15, -0.1) is 0 Å². The van der Waals surface area contributed by atoms with Gasteiger partial charge in [-0.05, 0) is 24.5 Å². The third-order valence-corrected chi connectivity index (χ3v) is 3.50. The SMILES string of the molecule is CCCCCCc1ccccc1S(=O)(=O)O. The molecule has 0 heterocycles. The summed E-state index contributed by atoms with van der Waals surface area (Å²) in [5, 5.41) is 0. The summed E-state index contributed by atoms with van der Waals surface area (Å²) >= 11 is 0. The summed E-state index contributed by atoms with van der Waals surface area (Å²) in [4.78, 5) is 0.0477. The van der Waals surface area contributed by atoms with Gasteiger partial charge in [0.15, 0.2) is 0 Å². The van der Waals surface area contributed by atoms with Crippen LogP contribution >= 0.6 is 0 Å². The molecule has 1 rings (SSSR count). The zero-order chi connectivity index (χ0) is 12.0. The topological polar surface area (TPSA) is 54.4 Å². The van der Waals surface area contributed by atoms with E-state index in [1.165, 1.54) is 6.07 Å². The van der Waals surface area contributed by atoms with Crippen LogP contribution in [0.3, 0.4) is 0 Å². The van der Waals surface area contributed by atoms with E-state index in [1.807, 2.05) is 0 Å². The highest BCUT2D eigenvalue weighted by Gasteiger charge is 2.13. The van der Waals surface area contributed by atoms with E-state index in [-0.39, 0.29) is 4.90 Å². The van der Waals surface area contributed by atoms with E-state index >= 15 is 0 Å². The zero-order valence-electron chi connectivity index (χ0n) is 9.52. The van der Waals surface area contributed by atoms with Crippen molar-refractivity contribution in [1.82, 2.24) is 0 Å². The first-order valence-electron chi connectivity index (χ1n) is 5.61. The molecule has 4 heteroatoms. The number of hydrogen-bond acceptors (Lipinski definition) is 2. The average molecular weight is 242 g/mol. The van der Waals surface area contributed by atoms with Crippen LogP contribution in [0.25, 0.3) is 0 Å². The Hall–Kier alpha value is -0.870. The Balaban J connectivity index is 2.73. The molecule has 0 aromatic heterocycles. The van der Waals surface area contributed by atoms with Gasteiger partial charge in [-0.1, -0.05) is 44.4 Å². The van der Waals surface area contributed by atoms with E-state index in [1.54, 1.807) is 18.2 Å². The van der Waals surface area contributed by atoms with E-state index in [4.69, 9.17) is 4.55 Å². The number of benzene rings is 1. The monoisotopic (exact) mass is 242 g/mol. The molecular weight excluding hydrogens is 224 g/mol. The van der Waals surface area contributed by atoms with E-state index in [2.05, 4.69) is 6.92 Å². The fourth-order valence-corrected chi connectivity index (χ4v) is 2.46. The van der Waals surface area contributed by atoms with Crippen molar-refractivity contribution >= 4 is 10.1 Å². The summed E-state index contributed by atoms with van der Waals surface area (Å²) in [6, 6.07) is 6.63. The first kappa shape index (κ1) is 13.2. The van der Waals surface area contributed by atoms with E-state index in [9.17, 15) is 8.42 Å². The summed E-state index contributed by atoms with van der Waals surface area (Å²) in [5.41, 5.74) is 0.709. The van der Waals surface area contributed by atoms with Crippen molar-refractivity contribution in [2.45, 2.75) is 43.9 Å². The molecule has 0 saturated carbocycles. The highest BCUT2D eigenvalue weighted by molar-refractivity contribution is 7.85. The van der Waals surface area contributed by atoms with Crippen LogP contribution in [0, 0.1) is 0 Å². The summed E-state index contributed by atoms with van der Waals surface area (Å²) in [6.07, 6.45) is 5.07. The van der Waals surface area contributed by atoms with Crippen LogP contribution in [0.1, 0.15) is 38.2 Å². The maximum absolute atomic E-state index is 11.1. The molecule has 1 aromatic carbocycles. The molecule has 0 amide bonds. The molecule has 0 fully saturated rings. The maximum Gasteiger partial charge on any atom is 0.294 e. The van der Waals surface area contributed by atoms with Gasteiger partial charge in [0, 0.05) is 0 Å². The molecule has 0 aliphatic carbocycles. The Kier molecular flexibility index (Phi) is 4.96. The van der Waals surface area contributed by atoms with Crippen molar-refractivity contribution in [2.75, 3.05) is 0 Å². The van der Waals surface area contributed by atoms with Gasteiger partial charge in [-0.25, -0.2) is 0 Å². The Bertz CT molecular complexity index is 424. The van der Waals surface area contributed by atoms with E-state index in [0.717, 1.165) is 25.7 Å². The van der Waals surface area contributed by atoms with Crippen molar-refractivity contribution in [3.8, 4) is 0 Å². The Labute approximate surface area is 97.2 Å². The standard InChI is InChI=1S/C12H18O3S/c1-2-3-4-5-8-11-9-6-7-10-12(11)16(13,14)15/h6-7,9-10H,2-5,8H2,1H3,(H,13,14,15). The second-order valence-corrected chi connectivity index (χ2v) is 5.28. The molecule has 0 radical (unpaired) electrons. The van der Waals surface area contributed by atoms with Crippen LogP contribution in [0.4, 0.5) is 0 Å². The molecule has 0 saturated heterocycles. The molecule has 1 aromatic rings. The molecule has 0 spiro atoms. The van der Waals surface area contributed by atoms with E-state index < -0.39 is 10.1 Å². The highest BCUT2D eigenvalue weighted by atomic mass is 32.2. The molecule has 3 nitrogen and oxygen atoms in total. The molecule has 0 atom stereocenters. The predicted molar refractivity (Wildman–Crippen MR) is 64.1 cm³/mol. The van der Waals surface area contributed by atoms with Gasteiger partial charge in [0.05, 0.1) is 4.90 Å².